The van der Waals surface area contributed by atoms with Crippen molar-refractivity contribution in [1.82, 2.24) is 0 Å². The molecular formula is C6H9NO. The van der Waals surface area contributed by atoms with E-state index >= 15 is 0 Å². The van der Waals surface area contributed by atoms with Gasteiger partial charge in [-0.15, -0.1) is 0 Å². The van der Waals surface area contributed by atoms with E-state index in [1.165, 1.54) is 6.21 Å². The standard InChI is InChI=1S/C6H9NO/c1-6(2)4-7-3-5(6)8/h3H,4H2,1-2H3. The number of nitrogens with zero attached hydrogens (tertiary/aromatic N) is 1. The number of Topliss-reactive ketones (excluding diaryl/α,β-unsaturated/α-hetero) is 1. The number of aliphatic imine (C=N–C) groups is 1. The molecule has 8 heavy (non-hydrogen) atoms. The molecule has 0 aromatic rings. The zero-order chi connectivity index (χ0) is 6.20. The van der Waals surface area contributed by atoms with Gasteiger partial charge in [0.05, 0.1) is 12.8 Å². The van der Waals surface area contributed by atoms with Crippen molar-refractivity contribution in [2.24, 2.45) is 10.4 Å². The fraction of sp³-hybridized carbons (Fsp3) is 0.667. The van der Waals surface area contributed by atoms with Gasteiger partial charge < -0.3 is 0 Å². The van der Waals surface area contributed by atoms with Gasteiger partial charge in [-0.1, -0.05) is 13.8 Å². The SMILES string of the molecule is CC1(C)CN=CC1=O. The molecule has 0 N–H and O–H groups in total. The second kappa shape index (κ2) is 1.41. The Morgan fingerprint density at radius 3 is 2.50 bits per heavy atom. The molecule has 0 fully saturated rings. The molecule has 1 heterocycles. The van der Waals surface area contributed by atoms with Gasteiger partial charge in [0, 0.05) is 5.41 Å². The minimum atomic E-state index is -0.208. The minimum absolute atomic E-state index is 0.150. The molecule has 0 aromatic carbocycles. The topological polar surface area (TPSA) is 29.4 Å². The van der Waals surface area contributed by atoms with Gasteiger partial charge in [0.1, 0.15) is 0 Å². The Bertz CT molecular complexity index is 147. The molecule has 2 nitrogen and oxygen atoms in total. The van der Waals surface area contributed by atoms with Crippen molar-refractivity contribution in [3.63, 3.8) is 0 Å². The largest absolute Gasteiger partial charge is 0.292 e. The fourth-order valence-electron chi connectivity index (χ4n) is 0.609. The van der Waals surface area contributed by atoms with Crippen LogP contribution in [0.5, 0.6) is 0 Å². The van der Waals surface area contributed by atoms with Crippen LogP contribution in [-0.4, -0.2) is 18.5 Å². The molecule has 0 bridgehead atoms. The summed E-state index contributed by atoms with van der Waals surface area (Å²) in [5.74, 6) is 0.150. The molecule has 44 valence electrons. The number of carbonyl (C=O) groups excluding carboxylic acids is 1. The maximum atomic E-state index is 10.7. The van der Waals surface area contributed by atoms with E-state index in [2.05, 4.69) is 4.99 Å². The minimum Gasteiger partial charge on any atom is -0.292 e. The predicted octanol–water partition coefficient (Wildman–Crippen LogP) is 0.666. The molecule has 0 saturated carbocycles. The summed E-state index contributed by atoms with van der Waals surface area (Å²) >= 11 is 0. The highest BCUT2D eigenvalue weighted by atomic mass is 16.1. The zero-order valence-electron chi connectivity index (χ0n) is 5.14. The molecule has 2 heteroatoms. The lowest BCUT2D eigenvalue weighted by Gasteiger charge is -2.10. The van der Waals surface area contributed by atoms with E-state index in [0.717, 1.165) is 0 Å². The summed E-state index contributed by atoms with van der Waals surface area (Å²) in [6.07, 6.45) is 1.42. The third kappa shape index (κ3) is 0.661. The first kappa shape index (κ1) is 5.48. The molecule has 0 saturated heterocycles. The highest BCUT2D eigenvalue weighted by Gasteiger charge is 2.29. The van der Waals surface area contributed by atoms with E-state index in [4.69, 9.17) is 0 Å². The molecule has 0 aromatic heterocycles. The van der Waals surface area contributed by atoms with Crippen LogP contribution in [0.1, 0.15) is 13.8 Å². The normalized spacial score (nSPS) is 24.5. The van der Waals surface area contributed by atoms with Crippen molar-refractivity contribution < 1.29 is 4.79 Å². The summed E-state index contributed by atoms with van der Waals surface area (Å²) in [5.41, 5.74) is -0.208. The van der Waals surface area contributed by atoms with E-state index in [0.29, 0.717) is 6.54 Å². The number of hydrogen-bond acceptors (Lipinski definition) is 2. The van der Waals surface area contributed by atoms with Gasteiger partial charge in [-0.25, -0.2) is 0 Å². The first-order chi connectivity index (χ1) is 3.63. The molecule has 0 aliphatic carbocycles. The van der Waals surface area contributed by atoms with E-state index in [1.807, 2.05) is 13.8 Å². The van der Waals surface area contributed by atoms with Gasteiger partial charge in [-0.05, 0) is 0 Å². The molecule has 1 aliphatic rings. The van der Waals surface area contributed by atoms with Gasteiger partial charge in [-0.3, -0.25) is 9.79 Å². The van der Waals surface area contributed by atoms with Gasteiger partial charge in [0.15, 0.2) is 5.78 Å². The number of hydrogen-bond donors (Lipinski definition) is 0. The van der Waals surface area contributed by atoms with Crippen molar-refractivity contribution in [3.8, 4) is 0 Å². The maximum Gasteiger partial charge on any atom is 0.180 e. The van der Waals surface area contributed by atoms with E-state index < -0.39 is 0 Å². The predicted molar refractivity (Wildman–Crippen MR) is 32.1 cm³/mol. The van der Waals surface area contributed by atoms with Gasteiger partial charge >= 0.3 is 0 Å². The first-order valence-electron chi connectivity index (χ1n) is 2.67. The summed E-state index contributed by atoms with van der Waals surface area (Å²) in [7, 11) is 0. The number of rotatable bonds is 0. The molecule has 0 radical (unpaired) electrons. The smallest absolute Gasteiger partial charge is 0.180 e. The Labute approximate surface area is 48.6 Å². The molecule has 0 unspecified atom stereocenters. The number of carbonyl (C=O) groups is 1. The van der Waals surface area contributed by atoms with Crippen LogP contribution in [0.2, 0.25) is 0 Å². The summed E-state index contributed by atoms with van der Waals surface area (Å²) in [6.45, 7) is 4.47. The van der Waals surface area contributed by atoms with Crippen LogP contribution < -0.4 is 0 Å². The monoisotopic (exact) mass is 111 g/mol. The Kier molecular flexibility index (Phi) is 0.962. The molecule has 0 atom stereocenters. The van der Waals surface area contributed by atoms with Crippen LogP contribution in [0.25, 0.3) is 0 Å². The summed E-state index contributed by atoms with van der Waals surface area (Å²) in [4.78, 5) is 14.6. The maximum absolute atomic E-state index is 10.7. The van der Waals surface area contributed by atoms with Gasteiger partial charge in [0.25, 0.3) is 0 Å². The van der Waals surface area contributed by atoms with Crippen molar-refractivity contribution in [2.45, 2.75) is 13.8 Å². The third-order valence-electron chi connectivity index (χ3n) is 1.36. The first-order valence-corrected chi connectivity index (χ1v) is 2.67. The second-order valence-corrected chi connectivity index (χ2v) is 2.72. The fourth-order valence-corrected chi connectivity index (χ4v) is 0.609. The van der Waals surface area contributed by atoms with Crippen LogP contribution in [0, 0.1) is 5.41 Å². The van der Waals surface area contributed by atoms with Crippen LogP contribution in [0.15, 0.2) is 4.99 Å². The van der Waals surface area contributed by atoms with Crippen molar-refractivity contribution in [2.75, 3.05) is 6.54 Å². The highest BCUT2D eigenvalue weighted by molar-refractivity contribution is 6.31. The third-order valence-corrected chi connectivity index (χ3v) is 1.36. The summed E-state index contributed by atoms with van der Waals surface area (Å²) in [6, 6.07) is 0. The van der Waals surface area contributed by atoms with Gasteiger partial charge in [0.2, 0.25) is 0 Å². The van der Waals surface area contributed by atoms with Gasteiger partial charge in [-0.2, -0.15) is 0 Å². The Morgan fingerprint density at radius 1 is 1.75 bits per heavy atom. The van der Waals surface area contributed by atoms with Crippen LogP contribution in [-0.2, 0) is 4.79 Å². The van der Waals surface area contributed by atoms with Crippen molar-refractivity contribution >= 4 is 12.0 Å². The highest BCUT2D eigenvalue weighted by Crippen LogP contribution is 2.19. The number of ketones is 1. The lowest BCUT2D eigenvalue weighted by Crippen LogP contribution is -2.21. The Balaban J connectivity index is 2.79. The van der Waals surface area contributed by atoms with E-state index in [-0.39, 0.29) is 11.2 Å². The average molecular weight is 111 g/mol. The van der Waals surface area contributed by atoms with Crippen molar-refractivity contribution in [3.05, 3.63) is 0 Å². The molecular weight excluding hydrogens is 102 g/mol. The van der Waals surface area contributed by atoms with Crippen LogP contribution >= 0.6 is 0 Å². The zero-order valence-corrected chi connectivity index (χ0v) is 5.14. The second-order valence-electron chi connectivity index (χ2n) is 2.72. The van der Waals surface area contributed by atoms with Crippen LogP contribution in [0.3, 0.4) is 0 Å². The summed E-state index contributed by atoms with van der Waals surface area (Å²) in [5, 5.41) is 0. The summed E-state index contributed by atoms with van der Waals surface area (Å²) < 4.78 is 0. The van der Waals surface area contributed by atoms with Crippen LogP contribution in [0.4, 0.5) is 0 Å². The average Bonchev–Trinajstić information content (AvgIpc) is 1.86. The molecule has 1 aliphatic heterocycles. The van der Waals surface area contributed by atoms with Crippen molar-refractivity contribution in [1.29, 1.82) is 0 Å². The molecule has 0 spiro atoms. The Hall–Kier alpha value is -0.660. The molecule has 1 rings (SSSR count). The lowest BCUT2D eigenvalue weighted by molar-refractivity contribution is -0.118. The Morgan fingerprint density at radius 2 is 2.38 bits per heavy atom. The molecule has 0 amide bonds. The van der Waals surface area contributed by atoms with E-state index in [1.54, 1.807) is 0 Å². The van der Waals surface area contributed by atoms with E-state index in [9.17, 15) is 4.79 Å². The lowest BCUT2D eigenvalue weighted by atomic mass is 9.91. The quantitative estimate of drug-likeness (QED) is 0.451.